The number of nitriles is 1. The fourth-order valence-electron chi connectivity index (χ4n) is 1.05. The molecule has 15 heavy (non-hydrogen) atoms. The summed E-state index contributed by atoms with van der Waals surface area (Å²) < 4.78 is 31.3. The van der Waals surface area contributed by atoms with Crippen molar-refractivity contribution in [3.8, 4) is 11.8 Å². The summed E-state index contributed by atoms with van der Waals surface area (Å²) in [6.45, 7) is 2.32. The van der Waals surface area contributed by atoms with Crippen LogP contribution in [-0.4, -0.2) is 6.61 Å². The maximum atomic E-state index is 13.2. The number of ether oxygens (including phenoxy) is 1. The predicted octanol–water partition coefficient (Wildman–Crippen LogP) is 3.02. The molecule has 0 aliphatic rings. The first kappa shape index (κ1) is 11.4. The number of hydrogen-bond donors (Lipinski definition) is 0. The van der Waals surface area contributed by atoms with Crippen LogP contribution in [0.25, 0.3) is 0 Å². The van der Waals surface area contributed by atoms with Crippen LogP contribution in [0.15, 0.2) is 12.1 Å². The van der Waals surface area contributed by atoms with Crippen LogP contribution in [-0.2, 0) is 0 Å². The first-order valence-electron chi connectivity index (χ1n) is 4.71. The van der Waals surface area contributed by atoms with Gasteiger partial charge >= 0.3 is 0 Å². The molecule has 0 amide bonds. The molecule has 0 aliphatic carbocycles. The van der Waals surface area contributed by atoms with Crippen LogP contribution in [0.1, 0.15) is 25.3 Å². The second kappa shape index (κ2) is 5.30. The molecule has 2 nitrogen and oxygen atoms in total. The Morgan fingerprint density at radius 1 is 1.33 bits per heavy atom. The first-order chi connectivity index (χ1) is 7.19. The van der Waals surface area contributed by atoms with Crippen LogP contribution in [0.4, 0.5) is 8.78 Å². The van der Waals surface area contributed by atoms with Gasteiger partial charge in [-0.2, -0.15) is 5.26 Å². The lowest BCUT2D eigenvalue weighted by atomic mass is 10.2. The molecule has 1 aromatic rings. The van der Waals surface area contributed by atoms with Gasteiger partial charge in [-0.05, 0) is 12.5 Å². The van der Waals surface area contributed by atoms with E-state index in [0.717, 1.165) is 25.0 Å². The number of hydrogen-bond acceptors (Lipinski definition) is 2. The van der Waals surface area contributed by atoms with E-state index in [9.17, 15) is 8.78 Å². The Kier molecular flexibility index (Phi) is 4.04. The molecule has 0 fully saturated rings. The molecule has 4 heteroatoms. The molecule has 0 atom stereocenters. The second-order valence-corrected chi connectivity index (χ2v) is 3.08. The van der Waals surface area contributed by atoms with Crippen LogP contribution in [0.5, 0.6) is 5.75 Å². The molecule has 1 aromatic carbocycles. The fraction of sp³-hybridized carbons (Fsp3) is 0.364. The van der Waals surface area contributed by atoms with Crippen molar-refractivity contribution in [1.82, 2.24) is 0 Å². The van der Waals surface area contributed by atoms with E-state index >= 15 is 0 Å². The van der Waals surface area contributed by atoms with Crippen molar-refractivity contribution in [3.63, 3.8) is 0 Å². The number of unbranched alkanes of at least 4 members (excludes halogenated alkanes) is 1. The molecule has 0 bridgehead atoms. The number of nitrogens with zero attached hydrogens (tertiary/aromatic N) is 1. The molecule has 0 radical (unpaired) electrons. The van der Waals surface area contributed by atoms with Gasteiger partial charge in [0.05, 0.1) is 12.2 Å². The first-order valence-corrected chi connectivity index (χ1v) is 4.71. The van der Waals surface area contributed by atoms with Crippen molar-refractivity contribution in [2.24, 2.45) is 0 Å². The third-order valence-electron chi connectivity index (χ3n) is 1.90. The average Bonchev–Trinajstić information content (AvgIpc) is 2.23. The van der Waals surface area contributed by atoms with E-state index in [4.69, 9.17) is 10.00 Å². The molecular formula is C11H11F2NO. The number of benzene rings is 1. The minimum absolute atomic E-state index is 0.139. The van der Waals surface area contributed by atoms with Crippen LogP contribution in [0.3, 0.4) is 0 Å². The van der Waals surface area contributed by atoms with Gasteiger partial charge in [-0.3, -0.25) is 0 Å². The summed E-state index contributed by atoms with van der Waals surface area (Å²) in [5, 5.41) is 8.45. The van der Waals surface area contributed by atoms with Gasteiger partial charge in [0.15, 0.2) is 11.6 Å². The lowest BCUT2D eigenvalue weighted by Crippen LogP contribution is -2.00. The largest absolute Gasteiger partial charge is 0.490 e. The van der Waals surface area contributed by atoms with E-state index in [0.29, 0.717) is 6.61 Å². The monoisotopic (exact) mass is 211 g/mol. The molecule has 0 heterocycles. The lowest BCUT2D eigenvalue weighted by molar-refractivity contribution is 0.292. The van der Waals surface area contributed by atoms with Crippen molar-refractivity contribution in [2.75, 3.05) is 6.61 Å². The quantitative estimate of drug-likeness (QED) is 0.717. The van der Waals surface area contributed by atoms with E-state index < -0.39 is 11.6 Å². The Balaban J connectivity index is 2.82. The molecule has 0 aromatic heterocycles. The maximum Gasteiger partial charge on any atom is 0.166 e. The van der Waals surface area contributed by atoms with Crippen molar-refractivity contribution in [2.45, 2.75) is 19.8 Å². The van der Waals surface area contributed by atoms with Gasteiger partial charge in [-0.1, -0.05) is 13.3 Å². The van der Waals surface area contributed by atoms with E-state index in [1.54, 1.807) is 6.07 Å². The zero-order chi connectivity index (χ0) is 11.3. The van der Waals surface area contributed by atoms with Crippen molar-refractivity contribution >= 4 is 0 Å². The minimum Gasteiger partial charge on any atom is -0.490 e. The van der Waals surface area contributed by atoms with Crippen LogP contribution in [0.2, 0.25) is 0 Å². The van der Waals surface area contributed by atoms with Gasteiger partial charge in [-0.15, -0.1) is 0 Å². The zero-order valence-electron chi connectivity index (χ0n) is 8.39. The Hall–Kier alpha value is -1.63. The van der Waals surface area contributed by atoms with E-state index in [2.05, 4.69) is 0 Å². The minimum atomic E-state index is -0.759. The molecule has 0 saturated carbocycles. The second-order valence-electron chi connectivity index (χ2n) is 3.08. The topological polar surface area (TPSA) is 33.0 Å². The Morgan fingerprint density at radius 3 is 2.67 bits per heavy atom. The van der Waals surface area contributed by atoms with E-state index in [1.165, 1.54) is 0 Å². The van der Waals surface area contributed by atoms with Crippen LogP contribution >= 0.6 is 0 Å². The standard InChI is InChI=1S/C11H11F2NO/c1-2-3-4-15-11-6-9(12)8(7-14)5-10(11)13/h5-6H,2-4H2,1H3. The predicted molar refractivity (Wildman–Crippen MR) is 51.5 cm³/mol. The summed E-state index contributed by atoms with van der Waals surface area (Å²) in [5.41, 5.74) is -0.310. The van der Waals surface area contributed by atoms with Crippen LogP contribution in [0, 0.1) is 23.0 Å². The average molecular weight is 211 g/mol. The van der Waals surface area contributed by atoms with Gasteiger partial charge in [0.2, 0.25) is 0 Å². The highest BCUT2D eigenvalue weighted by Crippen LogP contribution is 2.21. The third-order valence-corrected chi connectivity index (χ3v) is 1.90. The Labute approximate surface area is 87.1 Å². The summed E-state index contributed by atoms with van der Waals surface area (Å²) in [6, 6.07) is 3.31. The highest BCUT2D eigenvalue weighted by Gasteiger charge is 2.10. The number of rotatable bonds is 4. The third kappa shape index (κ3) is 2.91. The molecule has 0 aliphatic heterocycles. The normalized spacial score (nSPS) is 9.73. The summed E-state index contributed by atoms with van der Waals surface area (Å²) in [4.78, 5) is 0. The van der Waals surface area contributed by atoms with Gasteiger partial charge in [0, 0.05) is 6.07 Å². The number of halogens is 2. The Morgan fingerprint density at radius 2 is 2.07 bits per heavy atom. The van der Waals surface area contributed by atoms with Crippen molar-refractivity contribution < 1.29 is 13.5 Å². The molecule has 0 saturated heterocycles. The van der Waals surface area contributed by atoms with Gasteiger partial charge in [-0.25, -0.2) is 8.78 Å². The molecule has 80 valence electrons. The summed E-state index contributed by atoms with van der Waals surface area (Å²) in [5.74, 6) is -1.60. The highest BCUT2D eigenvalue weighted by molar-refractivity contribution is 5.37. The smallest absolute Gasteiger partial charge is 0.166 e. The SMILES string of the molecule is CCCCOc1cc(F)c(C#N)cc1F. The van der Waals surface area contributed by atoms with Gasteiger partial charge < -0.3 is 4.74 Å². The van der Waals surface area contributed by atoms with Crippen molar-refractivity contribution in [1.29, 1.82) is 5.26 Å². The van der Waals surface area contributed by atoms with E-state index in [-0.39, 0.29) is 11.3 Å². The van der Waals surface area contributed by atoms with Crippen LogP contribution < -0.4 is 4.74 Å². The fourth-order valence-corrected chi connectivity index (χ4v) is 1.05. The Bertz CT molecular complexity index is 385. The zero-order valence-corrected chi connectivity index (χ0v) is 8.39. The van der Waals surface area contributed by atoms with Crippen molar-refractivity contribution in [3.05, 3.63) is 29.3 Å². The molecule has 0 spiro atoms. The summed E-state index contributed by atoms with van der Waals surface area (Å²) >= 11 is 0. The van der Waals surface area contributed by atoms with Gasteiger partial charge in [0.1, 0.15) is 11.9 Å². The maximum absolute atomic E-state index is 13.2. The van der Waals surface area contributed by atoms with E-state index in [1.807, 2.05) is 6.92 Å². The highest BCUT2D eigenvalue weighted by atomic mass is 19.1. The molecule has 0 unspecified atom stereocenters. The molecule has 0 N–H and O–H groups in total. The lowest BCUT2D eigenvalue weighted by Gasteiger charge is -2.06. The summed E-state index contributed by atoms with van der Waals surface area (Å²) in [6.07, 6.45) is 1.70. The van der Waals surface area contributed by atoms with Gasteiger partial charge in [0.25, 0.3) is 0 Å². The molecule has 1 rings (SSSR count). The molecular weight excluding hydrogens is 200 g/mol. The summed E-state index contributed by atoms with van der Waals surface area (Å²) in [7, 11) is 0.